The summed E-state index contributed by atoms with van der Waals surface area (Å²) < 4.78 is 5.04. The number of hydrogen-bond donors (Lipinski definition) is 1. The van der Waals surface area contributed by atoms with E-state index in [1.54, 1.807) is 0 Å². The second-order valence-electron chi connectivity index (χ2n) is 4.01. The predicted octanol–water partition coefficient (Wildman–Crippen LogP) is 2.10. The monoisotopic (exact) mass is 236 g/mol. The van der Waals surface area contributed by atoms with E-state index in [9.17, 15) is 4.79 Å². The van der Waals surface area contributed by atoms with E-state index >= 15 is 0 Å². The fourth-order valence-electron chi connectivity index (χ4n) is 1.95. The van der Waals surface area contributed by atoms with Crippen molar-refractivity contribution in [1.82, 2.24) is 10.2 Å². The molecule has 1 aromatic carbocycles. The Morgan fingerprint density at radius 3 is 2.50 bits per heavy atom. The van der Waals surface area contributed by atoms with E-state index in [1.807, 2.05) is 24.3 Å². The lowest BCUT2D eigenvalue weighted by Gasteiger charge is -2.10. The minimum absolute atomic E-state index is 0.219. The number of halogens is 1. The number of nitrogens with one attached hydrogen (secondary N) is 1. The number of benzene rings is 1. The van der Waals surface area contributed by atoms with Gasteiger partial charge in [-0.2, -0.15) is 0 Å². The van der Waals surface area contributed by atoms with Crippen LogP contribution < -0.4 is 5.76 Å². The number of aromatic nitrogens is 2. The first-order valence-corrected chi connectivity index (χ1v) is 5.41. The molecule has 1 saturated carbocycles. The van der Waals surface area contributed by atoms with Crippen LogP contribution in [0.2, 0.25) is 5.02 Å². The van der Waals surface area contributed by atoms with Crippen molar-refractivity contribution in [3.8, 4) is 0 Å². The molecule has 0 bridgehead atoms. The zero-order chi connectivity index (χ0) is 11.2. The Kier molecular flexibility index (Phi) is 1.94. The van der Waals surface area contributed by atoms with Crippen LogP contribution in [0.5, 0.6) is 0 Å². The van der Waals surface area contributed by atoms with Gasteiger partial charge in [0.2, 0.25) is 5.89 Å². The van der Waals surface area contributed by atoms with Gasteiger partial charge in [0.25, 0.3) is 0 Å². The molecule has 4 nitrogen and oxygen atoms in total. The highest BCUT2D eigenvalue weighted by Crippen LogP contribution is 2.52. The normalized spacial score (nSPS) is 17.3. The minimum atomic E-state index is -0.504. The van der Waals surface area contributed by atoms with Gasteiger partial charge in [-0.15, -0.1) is 5.10 Å². The largest absolute Gasteiger partial charge is 0.434 e. The molecule has 16 heavy (non-hydrogen) atoms. The topological polar surface area (TPSA) is 58.9 Å². The SMILES string of the molecule is O=c1[nH]nc(C2(c3ccc(Cl)cc3)CC2)o1. The van der Waals surface area contributed by atoms with Gasteiger partial charge in [-0.25, -0.2) is 9.89 Å². The van der Waals surface area contributed by atoms with E-state index in [4.69, 9.17) is 16.0 Å². The lowest BCUT2D eigenvalue weighted by atomic mass is 9.96. The molecule has 0 spiro atoms. The van der Waals surface area contributed by atoms with Gasteiger partial charge in [-0.3, -0.25) is 0 Å². The van der Waals surface area contributed by atoms with Gasteiger partial charge >= 0.3 is 5.76 Å². The Labute approximate surface area is 96.2 Å². The molecule has 1 aromatic heterocycles. The molecule has 1 N–H and O–H groups in total. The van der Waals surface area contributed by atoms with Crippen molar-refractivity contribution in [3.05, 3.63) is 51.3 Å². The highest BCUT2D eigenvalue weighted by atomic mass is 35.5. The lowest BCUT2D eigenvalue weighted by Crippen LogP contribution is -2.09. The summed E-state index contributed by atoms with van der Waals surface area (Å²) in [6.07, 6.45) is 1.89. The molecule has 0 amide bonds. The third kappa shape index (κ3) is 1.38. The summed E-state index contributed by atoms with van der Waals surface area (Å²) in [5.74, 6) is -0.0324. The van der Waals surface area contributed by atoms with E-state index in [0.29, 0.717) is 10.9 Å². The van der Waals surface area contributed by atoms with Crippen molar-refractivity contribution >= 4 is 11.6 Å². The molecular formula is C11H9ClN2O2. The lowest BCUT2D eigenvalue weighted by molar-refractivity contribution is 0.435. The van der Waals surface area contributed by atoms with Crippen LogP contribution in [0.1, 0.15) is 24.3 Å². The smallest absolute Gasteiger partial charge is 0.392 e. The molecule has 0 aliphatic heterocycles. The van der Waals surface area contributed by atoms with E-state index in [2.05, 4.69) is 10.2 Å². The molecule has 1 fully saturated rings. The molecule has 3 rings (SSSR count). The summed E-state index contributed by atoms with van der Waals surface area (Å²) in [6.45, 7) is 0. The van der Waals surface area contributed by atoms with Gasteiger partial charge < -0.3 is 4.42 Å². The van der Waals surface area contributed by atoms with Crippen LogP contribution in [0.25, 0.3) is 0 Å². The van der Waals surface area contributed by atoms with Crippen molar-refractivity contribution in [2.24, 2.45) is 0 Å². The van der Waals surface area contributed by atoms with E-state index in [1.165, 1.54) is 0 Å². The zero-order valence-electron chi connectivity index (χ0n) is 8.37. The minimum Gasteiger partial charge on any atom is -0.392 e. The van der Waals surface area contributed by atoms with Gasteiger partial charge in [0.1, 0.15) is 0 Å². The second-order valence-corrected chi connectivity index (χ2v) is 4.44. The van der Waals surface area contributed by atoms with Crippen LogP contribution in [0.3, 0.4) is 0 Å². The second kappa shape index (κ2) is 3.22. The number of rotatable bonds is 2. The summed E-state index contributed by atoms with van der Waals surface area (Å²) >= 11 is 5.84. The van der Waals surface area contributed by atoms with Crippen LogP contribution in [-0.2, 0) is 5.41 Å². The predicted molar refractivity (Wildman–Crippen MR) is 58.6 cm³/mol. The van der Waals surface area contributed by atoms with Crippen molar-refractivity contribution in [2.75, 3.05) is 0 Å². The van der Waals surface area contributed by atoms with Crippen molar-refractivity contribution in [3.63, 3.8) is 0 Å². The fourth-order valence-corrected chi connectivity index (χ4v) is 2.08. The molecule has 0 saturated heterocycles. The first kappa shape index (κ1) is 9.66. The fraction of sp³-hybridized carbons (Fsp3) is 0.273. The van der Waals surface area contributed by atoms with Crippen LogP contribution in [0, 0.1) is 0 Å². The number of H-pyrrole nitrogens is 1. The molecule has 82 valence electrons. The van der Waals surface area contributed by atoms with Crippen LogP contribution in [-0.4, -0.2) is 10.2 Å². The number of hydrogen-bond acceptors (Lipinski definition) is 3. The highest BCUT2D eigenvalue weighted by Gasteiger charge is 2.50. The van der Waals surface area contributed by atoms with E-state index < -0.39 is 5.76 Å². The van der Waals surface area contributed by atoms with Crippen LogP contribution in [0.4, 0.5) is 0 Å². The number of nitrogens with zero attached hydrogens (tertiary/aromatic N) is 1. The van der Waals surface area contributed by atoms with Crippen molar-refractivity contribution in [2.45, 2.75) is 18.3 Å². The van der Waals surface area contributed by atoms with Gasteiger partial charge in [0, 0.05) is 5.02 Å². The average molecular weight is 237 g/mol. The maximum atomic E-state index is 10.9. The Bertz CT molecular complexity index is 566. The van der Waals surface area contributed by atoms with Crippen molar-refractivity contribution < 1.29 is 4.42 Å². The van der Waals surface area contributed by atoms with E-state index in [0.717, 1.165) is 18.4 Å². The first-order chi connectivity index (χ1) is 7.71. The summed E-state index contributed by atoms with van der Waals surface area (Å²) in [7, 11) is 0. The van der Waals surface area contributed by atoms with Gasteiger partial charge in [0.05, 0.1) is 5.41 Å². The molecule has 5 heteroatoms. The Hall–Kier alpha value is -1.55. The molecule has 1 heterocycles. The molecular weight excluding hydrogens is 228 g/mol. The zero-order valence-corrected chi connectivity index (χ0v) is 9.12. The summed E-state index contributed by atoms with van der Waals surface area (Å²) in [5, 5.41) is 6.91. The summed E-state index contributed by atoms with van der Waals surface area (Å²) in [6, 6.07) is 7.57. The van der Waals surface area contributed by atoms with Crippen molar-refractivity contribution in [1.29, 1.82) is 0 Å². The molecule has 0 unspecified atom stereocenters. The van der Waals surface area contributed by atoms with Crippen LogP contribution in [0.15, 0.2) is 33.5 Å². The van der Waals surface area contributed by atoms with Gasteiger partial charge in [0.15, 0.2) is 0 Å². The third-order valence-corrected chi connectivity index (χ3v) is 3.25. The highest BCUT2D eigenvalue weighted by molar-refractivity contribution is 6.30. The maximum Gasteiger partial charge on any atom is 0.434 e. The Morgan fingerprint density at radius 1 is 1.31 bits per heavy atom. The number of aromatic amines is 1. The Balaban J connectivity index is 2.06. The summed E-state index contributed by atoms with van der Waals surface area (Å²) in [4.78, 5) is 10.9. The molecule has 0 atom stereocenters. The maximum absolute atomic E-state index is 10.9. The van der Waals surface area contributed by atoms with Gasteiger partial charge in [-0.1, -0.05) is 23.7 Å². The molecule has 0 radical (unpaired) electrons. The summed E-state index contributed by atoms with van der Waals surface area (Å²) in [5.41, 5.74) is 0.871. The molecule has 2 aromatic rings. The third-order valence-electron chi connectivity index (χ3n) is 2.99. The quantitative estimate of drug-likeness (QED) is 0.869. The molecule has 1 aliphatic rings. The average Bonchev–Trinajstić information content (AvgIpc) is 2.97. The molecule has 1 aliphatic carbocycles. The standard InChI is InChI=1S/C11H9ClN2O2/c12-8-3-1-7(2-4-8)11(5-6-11)9-13-14-10(15)16-9/h1-4H,5-6H2,(H,14,15). The van der Waals surface area contributed by atoms with Crippen LogP contribution >= 0.6 is 11.6 Å². The van der Waals surface area contributed by atoms with E-state index in [-0.39, 0.29) is 5.41 Å². The van der Waals surface area contributed by atoms with Gasteiger partial charge in [-0.05, 0) is 30.5 Å². The first-order valence-electron chi connectivity index (χ1n) is 5.03. The Morgan fingerprint density at radius 2 is 2.00 bits per heavy atom.